The Kier molecular flexibility index (Phi) is 4.67. The monoisotopic (exact) mass is 251 g/mol. The van der Waals surface area contributed by atoms with E-state index in [-0.39, 0.29) is 11.8 Å². The molecule has 0 aliphatic rings. The normalized spacial score (nSPS) is 11.6. The Labute approximate surface area is 105 Å². The molecule has 1 unspecified atom stereocenters. The summed E-state index contributed by atoms with van der Waals surface area (Å²) in [6.07, 6.45) is 0. The molecule has 0 spiro atoms. The van der Waals surface area contributed by atoms with Crippen molar-refractivity contribution in [3.63, 3.8) is 0 Å². The van der Waals surface area contributed by atoms with Gasteiger partial charge < -0.3 is 21.1 Å². The van der Waals surface area contributed by atoms with Gasteiger partial charge in [-0.05, 0) is 19.1 Å². The van der Waals surface area contributed by atoms with Crippen molar-refractivity contribution in [2.45, 2.75) is 19.9 Å². The minimum atomic E-state index is -0.592. The van der Waals surface area contributed by atoms with Crippen LogP contribution < -0.4 is 21.1 Å². The summed E-state index contributed by atoms with van der Waals surface area (Å²) in [5, 5.41) is 5.27. The van der Waals surface area contributed by atoms with Crippen LogP contribution in [0.15, 0.2) is 18.2 Å². The van der Waals surface area contributed by atoms with Gasteiger partial charge in [0.1, 0.15) is 5.75 Å². The number of carbonyl (C=O) groups is 2. The Morgan fingerprint density at radius 2 is 2.00 bits per heavy atom. The minimum Gasteiger partial charge on any atom is -0.494 e. The Morgan fingerprint density at radius 3 is 2.50 bits per heavy atom. The Bertz CT molecular complexity index is 458. The minimum absolute atomic E-state index is 0.194. The van der Waals surface area contributed by atoms with Crippen LogP contribution in [0.4, 0.5) is 11.4 Å². The lowest BCUT2D eigenvalue weighted by Crippen LogP contribution is -2.32. The number of nitrogens with one attached hydrogen (secondary N) is 2. The van der Waals surface area contributed by atoms with Crippen LogP contribution in [0.1, 0.15) is 13.8 Å². The largest absolute Gasteiger partial charge is 0.494 e. The van der Waals surface area contributed by atoms with E-state index in [1.54, 1.807) is 25.1 Å². The lowest BCUT2D eigenvalue weighted by atomic mass is 10.2. The summed E-state index contributed by atoms with van der Waals surface area (Å²) in [7, 11) is 1.48. The van der Waals surface area contributed by atoms with Gasteiger partial charge in [0.25, 0.3) is 0 Å². The van der Waals surface area contributed by atoms with Crippen molar-refractivity contribution in [1.82, 2.24) is 0 Å². The van der Waals surface area contributed by atoms with Crippen molar-refractivity contribution in [1.29, 1.82) is 0 Å². The highest BCUT2D eigenvalue weighted by molar-refractivity contribution is 5.96. The summed E-state index contributed by atoms with van der Waals surface area (Å²) in [5.41, 5.74) is 6.55. The van der Waals surface area contributed by atoms with Crippen LogP contribution in [0.2, 0.25) is 0 Å². The summed E-state index contributed by atoms with van der Waals surface area (Å²) in [4.78, 5) is 22.4. The molecule has 0 aromatic heterocycles. The number of ether oxygens (including phenoxy) is 1. The molecule has 6 heteroatoms. The Morgan fingerprint density at radius 1 is 1.33 bits per heavy atom. The first kappa shape index (κ1) is 14.0. The molecule has 4 N–H and O–H groups in total. The van der Waals surface area contributed by atoms with Crippen LogP contribution in [0.25, 0.3) is 0 Å². The van der Waals surface area contributed by atoms with E-state index in [2.05, 4.69) is 10.6 Å². The summed E-state index contributed by atoms with van der Waals surface area (Å²) in [5.74, 6) is -0.0160. The van der Waals surface area contributed by atoms with E-state index in [9.17, 15) is 9.59 Å². The molecule has 0 bridgehead atoms. The molecule has 0 aliphatic heterocycles. The second-order valence-corrected chi connectivity index (χ2v) is 3.87. The van der Waals surface area contributed by atoms with Gasteiger partial charge in [-0.25, -0.2) is 0 Å². The lowest BCUT2D eigenvalue weighted by Gasteiger charge is -2.12. The first-order chi connectivity index (χ1) is 8.43. The molecule has 0 heterocycles. The maximum atomic E-state index is 11.4. The number of amides is 2. The van der Waals surface area contributed by atoms with E-state index in [1.807, 2.05) is 0 Å². The number of methoxy groups -OCH3 is 1. The molecule has 0 saturated carbocycles. The summed E-state index contributed by atoms with van der Waals surface area (Å²) in [6, 6.07) is 4.34. The number of anilines is 2. The number of hydrogen-bond donors (Lipinski definition) is 3. The molecule has 1 aromatic rings. The van der Waals surface area contributed by atoms with Gasteiger partial charge in [-0.2, -0.15) is 0 Å². The van der Waals surface area contributed by atoms with E-state index >= 15 is 0 Å². The zero-order valence-electron chi connectivity index (χ0n) is 10.6. The van der Waals surface area contributed by atoms with Crippen LogP contribution >= 0.6 is 0 Å². The molecular formula is C12H17N3O3. The second-order valence-electron chi connectivity index (χ2n) is 3.87. The van der Waals surface area contributed by atoms with Crippen molar-refractivity contribution < 1.29 is 14.3 Å². The van der Waals surface area contributed by atoms with Gasteiger partial charge >= 0.3 is 0 Å². The molecule has 1 rings (SSSR count). The third-order valence-corrected chi connectivity index (χ3v) is 2.19. The Hall–Kier alpha value is -2.08. The average Bonchev–Trinajstić information content (AvgIpc) is 2.30. The second kappa shape index (κ2) is 6.02. The fourth-order valence-electron chi connectivity index (χ4n) is 1.32. The number of carbonyl (C=O) groups excluding carboxylic acids is 2. The molecule has 1 atom stereocenters. The molecule has 0 radical (unpaired) electrons. The highest BCUT2D eigenvalue weighted by Crippen LogP contribution is 2.27. The first-order valence-corrected chi connectivity index (χ1v) is 5.46. The topological polar surface area (TPSA) is 93.4 Å². The van der Waals surface area contributed by atoms with Gasteiger partial charge in [-0.1, -0.05) is 0 Å². The van der Waals surface area contributed by atoms with Crippen molar-refractivity contribution in [3.8, 4) is 5.75 Å². The van der Waals surface area contributed by atoms with E-state index in [4.69, 9.17) is 10.5 Å². The highest BCUT2D eigenvalue weighted by Gasteiger charge is 2.10. The predicted octanol–water partition coefficient (Wildman–Crippen LogP) is 0.939. The number of benzene rings is 1. The van der Waals surface area contributed by atoms with E-state index in [1.165, 1.54) is 14.0 Å². The van der Waals surface area contributed by atoms with Gasteiger partial charge in [-0.3, -0.25) is 9.59 Å². The first-order valence-electron chi connectivity index (χ1n) is 5.46. The molecule has 98 valence electrons. The fraction of sp³-hybridized carbons (Fsp3) is 0.333. The van der Waals surface area contributed by atoms with Crippen LogP contribution in [-0.4, -0.2) is 25.0 Å². The molecule has 2 amide bonds. The number of nitrogens with two attached hydrogens (primary N) is 1. The van der Waals surface area contributed by atoms with Gasteiger partial charge in [-0.15, -0.1) is 0 Å². The van der Waals surface area contributed by atoms with Crippen LogP contribution in [0, 0.1) is 0 Å². The highest BCUT2D eigenvalue weighted by atomic mass is 16.5. The van der Waals surface area contributed by atoms with Gasteiger partial charge in [0.05, 0.1) is 18.8 Å². The summed E-state index contributed by atoms with van der Waals surface area (Å²) >= 11 is 0. The standard InChI is InChI=1S/C12H17N3O3/c1-7(13)12(17)15-9-4-5-10(14-8(2)16)11(6-9)18-3/h4-7H,13H2,1-3H3,(H,14,16)(H,15,17). The van der Waals surface area contributed by atoms with Crippen LogP contribution in [0.5, 0.6) is 5.75 Å². The maximum absolute atomic E-state index is 11.4. The van der Waals surface area contributed by atoms with Crippen molar-refractivity contribution in [2.24, 2.45) is 5.73 Å². The molecule has 1 aromatic carbocycles. The number of rotatable bonds is 4. The summed E-state index contributed by atoms with van der Waals surface area (Å²) < 4.78 is 5.13. The predicted molar refractivity (Wildman–Crippen MR) is 69.6 cm³/mol. The molecule has 18 heavy (non-hydrogen) atoms. The zero-order chi connectivity index (χ0) is 13.7. The number of hydrogen-bond acceptors (Lipinski definition) is 4. The molecule has 0 saturated heterocycles. The lowest BCUT2D eigenvalue weighted by molar-refractivity contribution is -0.117. The van der Waals surface area contributed by atoms with Crippen LogP contribution in [0.3, 0.4) is 0 Å². The van der Waals surface area contributed by atoms with Crippen LogP contribution in [-0.2, 0) is 9.59 Å². The van der Waals surface area contributed by atoms with Gasteiger partial charge in [0, 0.05) is 18.7 Å². The van der Waals surface area contributed by atoms with E-state index < -0.39 is 6.04 Å². The van der Waals surface area contributed by atoms with Crippen molar-refractivity contribution >= 4 is 23.2 Å². The molecule has 0 fully saturated rings. The molecular weight excluding hydrogens is 234 g/mol. The Balaban J connectivity index is 2.91. The fourth-order valence-corrected chi connectivity index (χ4v) is 1.32. The average molecular weight is 251 g/mol. The molecule has 6 nitrogen and oxygen atoms in total. The maximum Gasteiger partial charge on any atom is 0.241 e. The van der Waals surface area contributed by atoms with Crippen molar-refractivity contribution in [2.75, 3.05) is 17.7 Å². The smallest absolute Gasteiger partial charge is 0.241 e. The SMILES string of the molecule is COc1cc(NC(=O)C(C)N)ccc1NC(C)=O. The quantitative estimate of drug-likeness (QED) is 0.742. The third kappa shape index (κ3) is 3.74. The zero-order valence-corrected chi connectivity index (χ0v) is 10.6. The van der Waals surface area contributed by atoms with E-state index in [0.29, 0.717) is 17.1 Å². The van der Waals surface area contributed by atoms with Gasteiger partial charge in [0.15, 0.2) is 0 Å². The molecule has 0 aliphatic carbocycles. The van der Waals surface area contributed by atoms with Crippen molar-refractivity contribution in [3.05, 3.63) is 18.2 Å². The van der Waals surface area contributed by atoms with Gasteiger partial charge in [0.2, 0.25) is 11.8 Å². The third-order valence-electron chi connectivity index (χ3n) is 2.19. The summed E-state index contributed by atoms with van der Waals surface area (Å²) in [6.45, 7) is 3.00. The van der Waals surface area contributed by atoms with E-state index in [0.717, 1.165) is 0 Å².